The molecule has 1 unspecified atom stereocenters. The summed E-state index contributed by atoms with van der Waals surface area (Å²) in [5.41, 5.74) is 0.0949. The molecule has 15 heavy (non-hydrogen) atoms. The highest BCUT2D eigenvalue weighted by molar-refractivity contribution is 6.43. The summed E-state index contributed by atoms with van der Waals surface area (Å²) in [4.78, 5) is 0. The monoisotopic (exact) mass is 214 g/mol. The molecule has 1 fully saturated rings. The fourth-order valence-electron chi connectivity index (χ4n) is 2.04. The molecule has 0 aromatic heterocycles. The SMILES string of the molecule is CC.CC1(C)CC(C(C)(C)C)CB(O)O1. The van der Waals surface area contributed by atoms with Crippen molar-refractivity contribution in [2.45, 2.75) is 66.8 Å². The van der Waals surface area contributed by atoms with Gasteiger partial charge < -0.3 is 9.68 Å². The highest BCUT2D eigenvalue weighted by Gasteiger charge is 2.41. The quantitative estimate of drug-likeness (QED) is 0.626. The van der Waals surface area contributed by atoms with Crippen molar-refractivity contribution < 1.29 is 9.68 Å². The van der Waals surface area contributed by atoms with Crippen molar-refractivity contribution in [3.8, 4) is 0 Å². The molecule has 1 saturated heterocycles. The topological polar surface area (TPSA) is 29.5 Å². The van der Waals surface area contributed by atoms with Crippen LogP contribution in [0.15, 0.2) is 0 Å². The molecule has 1 atom stereocenters. The lowest BCUT2D eigenvalue weighted by molar-refractivity contribution is 0.00901. The van der Waals surface area contributed by atoms with Crippen LogP contribution in [0.1, 0.15) is 54.9 Å². The van der Waals surface area contributed by atoms with Crippen molar-refractivity contribution in [2.75, 3.05) is 0 Å². The van der Waals surface area contributed by atoms with Crippen molar-refractivity contribution in [2.24, 2.45) is 11.3 Å². The van der Waals surface area contributed by atoms with E-state index in [0.29, 0.717) is 5.92 Å². The lowest BCUT2D eigenvalue weighted by Crippen LogP contribution is -2.45. The molecule has 2 nitrogen and oxygen atoms in total. The van der Waals surface area contributed by atoms with Crippen LogP contribution in [0.3, 0.4) is 0 Å². The normalized spacial score (nSPS) is 25.6. The summed E-state index contributed by atoms with van der Waals surface area (Å²) < 4.78 is 5.45. The van der Waals surface area contributed by atoms with Gasteiger partial charge in [0, 0.05) is 5.60 Å². The molecule has 1 aliphatic heterocycles. The maximum absolute atomic E-state index is 9.56. The van der Waals surface area contributed by atoms with E-state index < -0.39 is 7.12 Å². The third-order valence-corrected chi connectivity index (χ3v) is 2.90. The molecule has 90 valence electrons. The van der Waals surface area contributed by atoms with Crippen LogP contribution in [0.4, 0.5) is 0 Å². The molecule has 1 N–H and O–H groups in total. The maximum atomic E-state index is 9.56. The van der Waals surface area contributed by atoms with Crippen LogP contribution in [-0.4, -0.2) is 17.7 Å². The summed E-state index contributed by atoms with van der Waals surface area (Å²) in [6.07, 6.45) is 1.81. The van der Waals surface area contributed by atoms with Crippen LogP contribution in [0.2, 0.25) is 6.32 Å². The third kappa shape index (κ3) is 5.03. The minimum Gasteiger partial charge on any atom is -0.427 e. The fourth-order valence-corrected chi connectivity index (χ4v) is 2.04. The van der Waals surface area contributed by atoms with Crippen LogP contribution in [0, 0.1) is 11.3 Å². The Kier molecular flexibility index (Phi) is 5.35. The second-order valence-corrected chi connectivity index (χ2v) is 5.83. The average Bonchev–Trinajstić information content (AvgIpc) is 2.02. The molecule has 0 amide bonds. The predicted octanol–water partition coefficient (Wildman–Crippen LogP) is 3.35. The van der Waals surface area contributed by atoms with Gasteiger partial charge in [-0.15, -0.1) is 0 Å². The van der Waals surface area contributed by atoms with E-state index in [-0.39, 0.29) is 11.0 Å². The summed E-state index contributed by atoms with van der Waals surface area (Å²) in [5, 5.41) is 9.56. The first-order valence-electron chi connectivity index (χ1n) is 6.06. The van der Waals surface area contributed by atoms with Crippen molar-refractivity contribution in [1.82, 2.24) is 0 Å². The molecule has 1 heterocycles. The highest BCUT2D eigenvalue weighted by Crippen LogP contribution is 2.40. The van der Waals surface area contributed by atoms with Crippen molar-refractivity contribution in [1.29, 1.82) is 0 Å². The number of hydrogen-bond acceptors (Lipinski definition) is 2. The number of hydrogen-bond donors (Lipinski definition) is 1. The van der Waals surface area contributed by atoms with Gasteiger partial charge >= 0.3 is 7.12 Å². The Morgan fingerprint density at radius 3 is 2.07 bits per heavy atom. The van der Waals surface area contributed by atoms with Crippen LogP contribution < -0.4 is 0 Å². The van der Waals surface area contributed by atoms with Gasteiger partial charge in [0.15, 0.2) is 0 Å². The van der Waals surface area contributed by atoms with Crippen LogP contribution in [-0.2, 0) is 4.65 Å². The summed E-state index contributed by atoms with van der Waals surface area (Å²) in [5.74, 6) is 0.547. The molecule has 3 heteroatoms. The molecule has 0 aromatic carbocycles. The van der Waals surface area contributed by atoms with Gasteiger partial charge in [-0.05, 0) is 37.9 Å². The first-order chi connectivity index (χ1) is 6.71. The molecule has 1 aliphatic rings. The predicted molar refractivity (Wildman–Crippen MR) is 66.9 cm³/mol. The highest BCUT2D eigenvalue weighted by atomic mass is 16.5. The van der Waals surface area contributed by atoms with Gasteiger partial charge in [0.05, 0.1) is 0 Å². The lowest BCUT2D eigenvalue weighted by atomic mass is 9.61. The van der Waals surface area contributed by atoms with E-state index in [4.69, 9.17) is 4.65 Å². The van der Waals surface area contributed by atoms with Crippen molar-refractivity contribution in [3.63, 3.8) is 0 Å². The van der Waals surface area contributed by atoms with Gasteiger partial charge in [0.2, 0.25) is 0 Å². The Labute approximate surface area is 95.6 Å². The molecular formula is C12H27BO2. The lowest BCUT2D eigenvalue weighted by Gasteiger charge is -2.42. The van der Waals surface area contributed by atoms with E-state index in [0.717, 1.165) is 12.7 Å². The Bertz CT molecular complexity index is 185. The largest absolute Gasteiger partial charge is 0.454 e. The Morgan fingerprint density at radius 2 is 1.73 bits per heavy atom. The smallest absolute Gasteiger partial charge is 0.427 e. The Balaban J connectivity index is 0.000000921. The van der Waals surface area contributed by atoms with E-state index >= 15 is 0 Å². The molecule has 0 radical (unpaired) electrons. The zero-order valence-corrected chi connectivity index (χ0v) is 11.4. The van der Waals surface area contributed by atoms with Crippen LogP contribution >= 0.6 is 0 Å². The fraction of sp³-hybridized carbons (Fsp3) is 1.00. The molecule has 0 aliphatic carbocycles. The first-order valence-corrected chi connectivity index (χ1v) is 6.06. The minimum absolute atomic E-state index is 0.171. The minimum atomic E-state index is -0.576. The van der Waals surface area contributed by atoms with Gasteiger partial charge in [-0.3, -0.25) is 0 Å². The summed E-state index contributed by atoms with van der Waals surface area (Å²) in [6.45, 7) is 14.8. The zero-order chi connectivity index (χ0) is 12.3. The second kappa shape index (κ2) is 5.35. The maximum Gasteiger partial charge on any atom is 0.454 e. The molecule has 0 spiro atoms. The van der Waals surface area contributed by atoms with Gasteiger partial charge in [-0.1, -0.05) is 34.6 Å². The van der Waals surface area contributed by atoms with E-state index in [1.165, 1.54) is 0 Å². The van der Waals surface area contributed by atoms with Crippen LogP contribution in [0.5, 0.6) is 0 Å². The standard InChI is InChI=1S/C10H21BO2.C2H6/c1-9(2,3)8-6-10(4,5)13-11(12)7-8;1-2/h8,12H,6-7H2,1-5H3;1-2H3. The van der Waals surface area contributed by atoms with E-state index in [1.54, 1.807) is 0 Å². The van der Waals surface area contributed by atoms with Gasteiger partial charge in [0.25, 0.3) is 0 Å². The molecule has 1 rings (SSSR count). The third-order valence-electron chi connectivity index (χ3n) is 2.90. The Hall–Kier alpha value is -0.0151. The van der Waals surface area contributed by atoms with E-state index in [1.807, 2.05) is 27.7 Å². The van der Waals surface area contributed by atoms with Crippen molar-refractivity contribution in [3.05, 3.63) is 0 Å². The molecular weight excluding hydrogens is 187 g/mol. The summed E-state index contributed by atoms with van der Waals surface area (Å²) in [6, 6.07) is 0. The van der Waals surface area contributed by atoms with Gasteiger partial charge in [-0.2, -0.15) is 0 Å². The zero-order valence-electron chi connectivity index (χ0n) is 11.4. The molecule has 0 saturated carbocycles. The van der Waals surface area contributed by atoms with Crippen LogP contribution in [0.25, 0.3) is 0 Å². The number of rotatable bonds is 0. The first kappa shape index (κ1) is 15.0. The van der Waals surface area contributed by atoms with Crippen molar-refractivity contribution >= 4 is 7.12 Å². The van der Waals surface area contributed by atoms with E-state index in [9.17, 15) is 5.02 Å². The van der Waals surface area contributed by atoms with Gasteiger partial charge in [0.1, 0.15) is 0 Å². The summed E-state index contributed by atoms with van der Waals surface area (Å²) in [7, 11) is -0.576. The molecule has 0 bridgehead atoms. The molecule has 0 aromatic rings. The Morgan fingerprint density at radius 1 is 1.27 bits per heavy atom. The second-order valence-electron chi connectivity index (χ2n) is 5.83. The van der Waals surface area contributed by atoms with Gasteiger partial charge in [-0.25, -0.2) is 0 Å². The summed E-state index contributed by atoms with van der Waals surface area (Å²) >= 11 is 0. The van der Waals surface area contributed by atoms with E-state index in [2.05, 4.69) is 20.8 Å². The average molecular weight is 214 g/mol.